The van der Waals surface area contributed by atoms with Crippen molar-refractivity contribution in [3.8, 4) is 0 Å². The van der Waals surface area contributed by atoms with E-state index in [1.54, 1.807) is 11.0 Å². The van der Waals surface area contributed by atoms with Crippen molar-refractivity contribution in [3.63, 3.8) is 0 Å². The first-order valence-corrected chi connectivity index (χ1v) is 6.11. The summed E-state index contributed by atoms with van der Waals surface area (Å²) < 4.78 is 0. The smallest absolute Gasteiger partial charge is 0.256 e. The Labute approximate surface area is 105 Å². The van der Waals surface area contributed by atoms with Gasteiger partial charge in [0.2, 0.25) is 0 Å². The fourth-order valence-corrected chi connectivity index (χ4v) is 2.36. The van der Waals surface area contributed by atoms with Crippen LogP contribution in [0.3, 0.4) is 0 Å². The van der Waals surface area contributed by atoms with Crippen LogP contribution in [-0.4, -0.2) is 33.5 Å². The molecule has 5 heteroatoms. The first-order valence-electron chi connectivity index (χ1n) is 5.73. The Morgan fingerprint density at radius 3 is 3.06 bits per heavy atom. The maximum atomic E-state index is 12.1. The van der Waals surface area contributed by atoms with Gasteiger partial charge in [-0.15, -0.1) is 0 Å². The fraction of sp³-hybridized carbons (Fsp3) is 0.500. The Bertz CT molecular complexity index is 437. The zero-order valence-corrected chi connectivity index (χ0v) is 10.4. The van der Waals surface area contributed by atoms with Gasteiger partial charge in [-0.05, 0) is 18.1 Å². The minimum Gasteiger partial charge on any atom is -0.394 e. The lowest BCUT2D eigenvalue weighted by Gasteiger charge is -2.25. The summed E-state index contributed by atoms with van der Waals surface area (Å²) in [4.78, 5) is 17.7. The molecule has 1 atom stereocenters. The second-order valence-electron chi connectivity index (χ2n) is 4.22. The zero-order chi connectivity index (χ0) is 12.4. The number of nitrogens with zero attached hydrogens (tertiary/aromatic N) is 2. The molecule has 1 N–H and O–H groups in total. The lowest BCUT2D eigenvalue weighted by Crippen LogP contribution is -2.38. The molecule has 0 aliphatic carbocycles. The third kappa shape index (κ3) is 2.28. The standard InChI is InChI=1S/C12H15ClN2O2/c1-2-3-9(7-16)15-6-8-4-11(13)14-5-10(8)12(15)17/h4-5,9,16H,2-3,6-7H2,1H3. The SMILES string of the molecule is CCCC(CO)N1Cc2cc(Cl)ncc2C1=O. The summed E-state index contributed by atoms with van der Waals surface area (Å²) in [6.45, 7) is 2.55. The largest absolute Gasteiger partial charge is 0.394 e. The highest BCUT2D eigenvalue weighted by Crippen LogP contribution is 2.26. The number of aliphatic hydroxyl groups is 1. The molecular weight excluding hydrogens is 240 g/mol. The average molecular weight is 255 g/mol. The van der Waals surface area contributed by atoms with Crippen molar-refractivity contribution in [2.24, 2.45) is 0 Å². The third-order valence-corrected chi connectivity index (χ3v) is 3.27. The summed E-state index contributed by atoms with van der Waals surface area (Å²) in [5, 5.41) is 9.73. The highest BCUT2D eigenvalue weighted by molar-refractivity contribution is 6.29. The number of hydrogen-bond acceptors (Lipinski definition) is 3. The number of rotatable bonds is 4. The second kappa shape index (κ2) is 5.02. The van der Waals surface area contributed by atoms with Crippen LogP contribution >= 0.6 is 11.6 Å². The van der Waals surface area contributed by atoms with Gasteiger partial charge in [0.15, 0.2) is 0 Å². The van der Waals surface area contributed by atoms with Crippen LogP contribution in [0.25, 0.3) is 0 Å². The maximum Gasteiger partial charge on any atom is 0.256 e. The van der Waals surface area contributed by atoms with Gasteiger partial charge in [-0.3, -0.25) is 4.79 Å². The Balaban J connectivity index is 2.24. The number of hydrogen-bond donors (Lipinski definition) is 1. The first kappa shape index (κ1) is 12.3. The molecule has 92 valence electrons. The van der Waals surface area contributed by atoms with E-state index in [2.05, 4.69) is 4.98 Å². The molecule has 1 amide bonds. The number of carbonyl (C=O) groups is 1. The summed E-state index contributed by atoms with van der Waals surface area (Å²) in [6, 6.07) is 1.61. The molecule has 0 aromatic carbocycles. The molecule has 4 nitrogen and oxygen atoms in total. The van der Waals surface area contributed by atoms with Gasteiger partial charge >= 0.3 is 0 Å². The number of carbonyl (C=O) groups excluding carboxylic acids is 1. The molecule has 1 aromatic heterocycles. The van der Waals surface area contributed by atoms with E-state index >= 15 is 0 Å². The second-order valence-corrected chi connectivity index (χ2v) is 4.61. The number of aliphatic hydroxyl groups excluding tert-OH is 1. The van der Waals surface area contributed by atoms with Crippen LogP contribution in [0, 0.1) is 0 Å². The molecular formula is C12H15ClN2O2. The number of pyridine rings is 1. The summed E-state index contributed by atoms with van der Waals surface area (Å²) in [7, 11) is 0. The third-order valence-electron chi connectivity index (χ3n) is 3.06. The lowest BCUT2D eigenvalue weighted by molar-refractivity contribution is 0.0602. The molecule has 2 heterocycles. The normalized spacial score (nSPS) is 16.2. The van der Waals surface area contributed by atoms with Crippen LogP contribution in [0.15, 0.2) is 12.3 Å². The molecule has 2 rings (SSSR count). The topological polar surface area (TPSA) is 53.4 Å². The van der Waals surface area contributed by atoms with E-state index in [1.807, 2.05) is 6.92 Å². The van der Waals surface area contributed by atoms with Crippen molar-refractivity contribution in [1.29, 1.82) is 0 Å². The molecule has 0 spiro atoms. The zero-order valence-electron chi connectivity index (χ0n) is 9.69. The number of fused-ring (bicyclic) bond motifs is 1. The lowest BCUT2D eigenvalue weighted by atomic mass is 10.1. The molecule has 1 aliphatic heterocycles. The van der Waals surface area contributed by atoms with E-state index in [0.29, 0.717) is 17.3 Å². The van der Waals surface area contributed by atoms with E-state index in [-0.39, 0.29) is 18.6 Å². The van der Waals surface area contributed by atoms with Crippen LogP contribution in [-0.2, 0) is 6.54 Å². The molecule has 0 saturated heterocycles. The summed E-state index contributed by atoms with van der Waals surface area (Å²) >= 11 is 5.80. The summed E-state index contributed by atoms with van der Waals surface area (Å²) in [5.41, 5.74) is 1.49. The predicted molar refractivity (Wildman–Crippen MR) is 64.9 cm³/mol. The van der Waals surface area contributed by atoms with Gasteiger partial charge < -0.3 is 10.0 Å². The van der Waals surface area contributed by atoms with E-state index in [1.165, 1.54) is 6.20 Å². The quantitative estimate of drug-likeness (QED) is 0.835. The van der Waals surface area contributed by atoms with E-state index < -0.39 is 0 Å². The van der Waals surface area contributed by atoms with Crippen LogP contribution < -0.4 is 0 Å². The van der Waals surface area contributed by atoms with E-state index in [0.717, 1.165) is 18.4 Å². The summed E-state index contributed by atoms with van der Waals surface area (Å²) in [5.74, 6) is -0.0586. The van der Waals surface area contributed by atoms with Gasteiger partial charge in [0, 0.05) is 12.7 Å². The van der Waals surface area contributed by atoms with Crippen molar-refractivity contribution < 1.29 is 9.90 Å². The monoisotopic (exact) mass is 254 g/mol. The van der Waals surface area contributed by atoms with Crippen molar-refractivity contribution in [1.82, 2.24) is 9.88 Å². The van der Waals surface area contributed by atoms with Gasteiger partial charge in [0.1, 0.15) is 5.15 Å². The Morgan fingerprint density at radius 2 is 2.41 bits per heavy atom. The number of aromatic nitrogens is 1. The van der Waals surface area contributed by atoms with Gasteiger partial charge in [0.25, 0.3) is 5.91 Å². The van der Waals surface area contributed by atoms with Crippen molar-refractivity contribution >= 4 is 17.5 Å². The Morgan fingerprint density at radius 1 is 1.65 bits per heavy atom. The van der Waals surface area contributed by atoms with Crippen LogP contribution in [0.2, 0.25) is 5.15 Å². The minimum absolute atomic E-state index is 0.00523. The maximum absolute atomic E-state index is 12.1. The molecule has 0 saturated carbocycles. The van der Waals surface area contributed by atoms with Crippen LogP contribution in [0.4, 0.5) is 0 Å². The molecule has 1 aromatic rings. The predicted octanol–water partition coefficient (Wildman–Crippen LogP) is 1.85. The molecule has 1 aliphatic rings. The van der Waals surface area contributed by atoms with Crippen molar-refractivity contribution in [2.75, 3.05) is 6.61 Å². The molecule has 0 radical (unpaired) electrons. The summed E-state index contributed by atoms with van der Waals surface area (Å²) in [6.07, 6.45) is 3.25. The minimum atomic E-state index is -0.112. The van der Waals surface area contributed by atoms with Gasteiger partial charge in [0.05, 0.1) is 18.2 Å². The highest BCUT2D eigenvalue weighted by Gasteiger charge is 2.32. The Kier molecular flexibility index (Phi) is 3.64. The highest BCUT2D eigenvalue weighted by atomic mass is 35.5. The molecule has 1 unspecified atom stereocenters. The number of halogens is 1. The fourth-order valence-electron chi connectivity index (χ4n) is 2.18. The van der Waals surface area contributed by atoms with E-state index in [9.17, 15) is 9.90 Å². The van der Waals surface area contributed by atoms with Crippen LogP contribution in [0.1, 0.15) is 35.7 Å². The van der Waals surface area contributed by atoms with Gasteiger partial charge in [-0.2, -0.15) is 0 Å². The molecule has 0 bridgehead atoms. The first-order chi connectivity index (χ1) is 8.17. The van der Waals surface area contributed by atoms with Crippen LogP contribution in [0.5, 0.6) is 0 Å². The average Bonchev–Trinajstić information content (AvgIpc) is 2.63. The van der Waals surface area contributed by atoms with Gasteiger partial charge in [-0.1, -0.05) is 24.9 Å². The Hall–Kier alpha value is -1.13. The molecule has 0 fully saturated rings. The van der Waals surface area contributed by atoms with E-state index in [4.69, 9.17) is 11.6 Å². The van der Waals surface area contributed by atoms with Crippen molar-refractivity contribution in [2.45, 2.75) is 32.4 Å². The van der Waals surface area contributed by atoms with Gasteiger partial charge in [-0.25, -0.2) is 4.98 Å². The molecule has 17 heavy (non-hydrogen) atoms. The van der Waals surface area contributed by atoms with Crippen molar-refractivity contribution in [3.05, 3.63) is 28.5 Å². The number of amides is 1.